The number of nitro benzene ring substituents is 1. The number of anilines is 1. The minimum atomic E-state index is -6.70. The molecule has 0 unspecified atom stereocenters. The summed E-state index contributed by atoms with van der Waals surface area (Å²) in [4.78, 5) is 38.0. The van der Waals surface area contributed by atoms with Gasteiger partial charge in [0, 0.05) is 35.2 Å². The van der Waals surface area contributed by atoms with Crippen molar-refractivity contribution in [2.75, 3.05) is 11.9 Å². The summed E-state index contributed by atoms with van der Waals surface area (Å²) in [5, 5.41) is 32.9. The van der Waals surface area contributed by atoms with Gasteiger partial charge in [0.05, 0.1) is 29.2 Å². The molecule has 1 aromatic carbocycles. The number of nitrogens with one attached hydrogen (secondary N) is 1. The first-order valence-corrected chi connectivity index (χ1v) is 13.7. The number of esters is 1. The van der Waals surface area contributed by atoms with E-state index in [9.17, 15) is 54.8 Å². The number of carbonyl (C=O) groups excluding carboxylic acids is 2. The number of rotatable bonds is 13. The van der Waals surface area contributed by atoms with Crippen molar-refractivity contribution < 1.29 is 59.5 Å². The fourth-order valence-electron chi connectivity index (χ4n) is 3.21. The molecular formula is C25H23F8N7O6S. The molecule has 256 valence electrons. The van der Waals surface area contributed by atoms with E-state index in [0.717, 1.165) is 22.9 Å². The number of nitrogens with zero attached hydrogens (tertiary/aromatic N) is 6. The van der Waals surface area contributed by atoms with Crippen LogP contribution in [0.2, 0.25) is 0 Å². The highest BCUT2D eigenvalue weighted by molar-refractivity contribution is 7.99. The second-order valence-electron chi connectivity index (χ2n) is 8.67. The zero-order chi connectivity index (χ0) is 35.7. The van der Waals surface area contributed by atoms with Crippen molar-refractivity contribution >= 4 is 35.1 Å². The van der Waals surface area contributed by atoms with Crippen LogP contribution in [0.5, 0.6) is 0 Å². The predicted octanol–water partition coefficient (Wildman–Crippen LogP) is 6.23. The normalized spacial score (nSPS) is 11.7. The molecule has 0 atom stereocenters. The first-order valence-electron chi connectivity index (χ1n) is 12.9. The summed E-state index contributed by atoms with van der Waals surface area (Å²) in [7, 11) is 0. The number of nitro groups is 1. The number of benzene rings is 1. The van der Waals surface area contributed by atoms with Gasteiger partial charge in [-0.15, -0.1) is 5.10 Å². The van der Waals surface area contributed by atoms with Crippen LogP contribution in [0.25, 0.3) is 0 Å². The van der Waals surface area contributed by atoms with E-state index in [-0.39, 0.29) is 54.1 Å². The highest BCUT2D eigenvalue weighted by Gasteiger charge is 2.73. The highest BCUT2D eigenvalue weighted by atomic mass is 32.2. The van der Waals surface area contributed by atoms with Crippen molar-refractivity contribution in [3.05, 3.63) is 69.9 Å². The Morgan fingerprint density at radius 2 is 1.79 bits per heavy atom. The van der Waals surface area contributed by atoms with E-state index in [1.165, 1.54) is 0 Å². The molecule has 13 nitrogen and oxygen atoms in total. The van der Waals surface area contributed by atoms with Crippen LogP contribution < -0.4 is 5.32 Å². The molecule has 0 aliphatic carbocycles. The Bertz CT molecular complexity index is 1620. The van der Waals surface area contributed by atoms with Crippen molar-refractivity contribution in [3.8, 4) is 0 Å². The first-order chi connectivity index (χ1) is 21.8. The lowest BCUT2D eigenvalue weighted by Crippen LogP contribution is -2.50. The average molecular weight is 702 g/mol. The number of halogens is 8. The molecule has 0 aliphatic rings. The third-order valence-electron chi connectivity index (χ3n) is 5.49. The van der Waals surface area contributed by atoms with Crippen LogP contribution in [0.15, 0.2) is 52.9 Å². The zero-order valence-corrected chi connectivity index (χ0v) is 24.8. The number of aromatic nitrogens is 5. The molecule has 0 bridgehead atoms. The monoisotopic (exact) mass is 701 g/mol. The molecule has 3 aromatic rings. The smallest absolute Gasteiger partial charge is 0.460 e. The SMILES string of the molecule is C=C(O)CCC(=O)OCCn1nnnc1Sc1ccc([N+](=O)[O-])cc1C(=O)Nc1ncc(C(F)(F)C(F)(F)C(F)(F)F)cc1F.CC. The molecule has 3 rings (SSSR count). The number of amides is 1. The second kappa shape index (κ2) is 15.6. The fourth-order valence-corrected chi connectivity index (χ4v) is 4.11. The van der Waals surface area contributed by atoms with E-state index in [2.05, 4.69) is 27.1 Å². The summed E-state index contributed by atoms with van der Waals surface area (Å²) in [6, 6.07) is 2.39. The summed E-state index contributed by atoms with van der Waals surface area (Å²) < 4.78 is 113. The van der Waals surface area contributed by atoms with Crippen LogP contribution in [0.1, 0.15) is 42.6 Å². The van der Waals surface area contributed by atoms with Crippen molar-refractivity contribution in [2.45, 2.75) is 61.3 Å². The van der Waals surface area contributed by atoms with Crippen LogP contribution >= 0.6 is 11.8 Å². The van der Waals surface area contributed by atoms with Gasteiger partial charge in [-0.25, -0.2) is 14.1 Å². The molecule has 0 fully saturated rings. The molecule has 0 radical (unpaired) electrons. The maximum atomic E-state index is 14.5. The zero-order valence-electron chi connectivity index (χ0n) is 24.0. The number of carbonyl (C=O) groups is 2. The fraction of sp³-hybridized carbons (Fsp3) is 0.360. The Morgan fingerprint density at radius 3 is 2.36 bits per heavy atom. The molecule has 0 aliphatic heterocycles. The van der Waals surface area contributed by atoms with Crippen molar-refractivity contribution in [2.24, 2.45) is 0 Å². The number of allylic oxidation sites excluding steroid dienone is 1. The van der Waals surface area contributed by atoms with Crippen LogP contribution in [0.3, 0.4) is 0 Å². The molecule has 0 spiro atoms. The number of ether oxygens (including phenoxy) is 1. The van der Waals surface area contributed by atoms with E-state index in [1.807, 2.05) is 13.8 Å². The number of aliphatic hydroxyl groups excluding tert-OH is 1. The molecular weight excluding hydrogens is 678 g/mol. The minimum Gasteiger partial charge on any atom is -0.513 e. The summed E-state index contributed by atoms with van der Waals surface area (Å²) in [5.41, 5.74) is -3.33. The molecule has 0 saturated heterocycles. The van der Waals surface area contributed by atoms with Crippen molar-refractivity contribution in [1.82, 2.24) is 25.2 Å². The van der Waals surface area contributed by atoms with Gasteiger partial charge in [-0.2, -0.15) is 30.7 Å². The summed E-state index contributed by atoms with van der Waals surface area (Å²) in [6.07, 6.45) is -7.09. The van der Waals surface area contributed by atoms with Gasteiger partial charge in [-0.3, -0.25) is 19.7 Å². The molecule has 0 saturated carbocycles. The van der Waals surface area contributed by atoms with Gasteiger partial charge in [0.25, 0.3) is 11.6 Å². The van der Waals surface area contributed by atoms with Crippen LogP contribution in [0.4, 0.5) is 46.6 Å². The number of hydrogen-bond donors (Lipinski definition) is 2. The summed E-state index contributed by atoms with van der Waals surface area (Å²) >= 11 is 0.650. The third-order valence-corrected chi connectivity index (χ3v) is 6.54. The maximum absolute atomic E-state index is 14.5. The van der Waals surface area contributed by atoms with Crippen molar-refractivity contribution in [3.63, 3.8) is 0 Å². The standard InChI is InChI=1S/C23H17F8N7O6S.C2H6/c1-11(39)2-5-17(40)44-7-6-37-20(34-35-36-37)45-16-4-3-13(38(42)43)9-14(16)19(41)33-18-15(24)8-12(10-32-18)21(25,26)22(27,28)23(29,30)31;1-2/h3-4,8-10,39H,1-2,5-7H2,(H,32,33,41);1-2H3. The lowest BCUT2D eigenvalue weighted by molar-refractivity contribution is -0.384. The Hall–Kier alpha value is -4.89. The minimum absolute atomic E-state index is 0.0279. The Labute approximate surface area is 263 Å². The molecule has 2 N–H and O–H groups in total. The van der Waals surface area contributed by atoms with E-state index in [1.54, 1.807) is 5.32 Å². The first kappa shape index (κ1) is 38.3. The molecule has 47 heavy (non-hydrogen) atoms. The van der Waals surface area contributed by atoms with Gasteiger partial charge in [0.1, 0.15) is 6.61 Å². The Morgan fingerprint density at radius 1 is 1.13 bits per heavy atom. The molecule has 1 amide bonds. The van der Waals surface area contributed by atoms with Gasteiger partial charge in [0.15, 0.2) is 11.6 Å². The maximum Gasteiger partial charge on any atom is 0.460 e. The number of alkyl halides is 7. The molecule has 2 aromatic heterocycles. The Balaban J connectivity index is 0.00000376. The molecule has 22 heteroatoms. The molecule has 2 heterocycles. The topological polar surface area (TPSA) is 175 Å². The number of hydrogen-bond acceptors (Lipinski definition) is 11. The summed E-state index contributed by atoms with van der Waals surface area (Å²) in [5.74, 6) is -17.9. The predicted molar refractivity (Wildman–Crippen MR) is 145 cm³/mol. The van der Waals surface area contributed by atoms with Crippen LogP contribution in [0, 0.1) is 15.9 Å². The van der Waals surface area contributed by atoms with Gasteiger partial charge in [-0.05, 0) is 34.3 Å². The largest absolute Gasteiger partial charge is 0.513 e. The number of pyridine rings is 1. The quantitative estimate of drug-likeness (QED) is 0.0680. The van der Waals surface area contributed by atoms with Gasteiger partial charge < -0.3 is 15.2 Å². The second-order valence-corrected chi connectivity index (χ2v) is 9.68. The Kier molecular flexibility index (Phi) is 12.7. The lowest BCUT2D eigenvalue weighted by Gasteiger charge is -2.28. The van der Waals surface area contributed by atoms with Gasteiger partial charge in [-0.1, -0.05) is 20.4 Å². The third kappa shape index (κ3) is 9.33. The van der Waals surface area contributed by atoms with E-state index >= 15 is 0 Å². The number of non-ortho nitro benzene ring substituents is 1. The number of tetrazole rings is 1. The van der Waals surface area contributed by atoms with Crippen molar-refractivity contribution in [1.29, 1.82) is 0 Å². The van der Waals surface area contributed by atoms with Gasteiger partial charge in [0.2, 0.25) is 5.16 Å². The van der Waals surface area contributed by atoms with E-state index in [0.29, 0.717) is 11.8 Å². The lowest BCUT2D eigenvalue weighted by atomic mass is 10.0. The number of aliphatic hydroxyl groups is 1. The highest BCUT2D eigenvalue weighted by Crippen LogP contribution is 2.51. The van der Waals surface area contributed by atoms with Crippen LogP contribution in [-0.4, -0.2) is 65.8 Å². The van der Waals surface area contributed by atoms with E-state index in [4.69, 9.17) is 9.84 Å². The summed E-state index contributed by atoms with van der Waals surface area (Å²) in [6.45, 7) is 6.88. The van der Waals surface area contributed by atoms with Gasteiger partial charge >= 0.3 is 24.0 Å². The van der Waals surface area contributed by atoms with E-state index < -0.39 is 63.3 Å². The van der Waals surface area contributed by atoms with Crippen LogP contribution in [-0.2, 0) is 22.0 Å². The average Bonchev–Trinajstić information content (AvgIpc) is 3.43.